The van der Waals surface area contributed by atoms with E-state index < -0.39 is 5.97 Å². The molecule has 7 nitrogen and oxygen atoms in total. The number of hydrogen-bond donors (Lipinski definition) is 2. The zero-order valence-corrected chi connectivity index (χ0v) is 12.1. The molecule has 0 amide bonds. The van der Waals surface area contributed by atoms with Crippen LogP contribution in [0.5, 0.6) is 0 Å². The van der Waals surface area contributed by atoms with Crippen molar-refractivity contribution in [1.82, 2.24) is 14.5 Å². The van der Waals surface area contributed by atoms with Crippen molar-refractivity contribution in [1.29, 1.82) is 0 Å². The zero-order chi connectivity index (χ0) is 15.7. The number of ether oxygens (including phenoxy) is 1. The van der Waals surface area contributed by atoms with Crippen molar-refractivity contribution in [3.63, 3.8) is 0 Å². The molecule has 0 aliphatic carbocycles. The minimum absolute atomic E-state index is 0.120. The Morgan fingerprint density at radius 1 is 1.32 bits per heavy atom. The van der Waals surface area contributed by atoms with E-state index >= 15 is 0 Å². The molecule has 1 aromatic carbocycles. The van der Waals surface area contributed by atoms with E-state index in [0.29, 0.717) is 22.2 Å². The minimum Gasteiger partial charge on any atom is -0.462 e. The summed E-state index contributed by atoms with van der Waals surface area (Å²) in [6.45, 7) is 2.08. The lowest BCUT2D eigenvalue weighted by Crippen LogP contribution is -2.11. The van der Waals surface area contributed by atoms with Gasteiger partial charge in [0.15, 0.2) is 5.65 Å². The van der Waals surface area contributed by atoms with Gasteiger partial charge < -0.3 is 20.1 Å². The van der Waals surface area contributed by atoms with Crippen LogP contribution in [0, 0.1) is 0 Å². The fraction of sp³-hybridized carbons (Fsp3) is 0.267. The number of carbonyl (C=O) groups is 1. The summed E-state index contributed by atoms with van der Waals surface area (Å²) >= 11 is 0. The maximum Gasteiger partial charge on any atom is 0.344 e. The number of esters is 1. The molecule has 7 heteroatoms. The lowest BCUT2D eigenvalue weighted by atomic mass is 10.2. The van der Waals surface area contributed by atoms with Gasteiger partial charge in [0.25, 0.3) is 0 Å². The van der Waals surface area contributed by atoms with Gasteiger partial charge in [-0.1, -0.05) is 12.1 Å². The van der Waals surface area contributed by atoms with Crippen LogP contribution >= 0.6 is 0 Å². The Morgan fingerprint density at radius 3 is 2.64 bits per heavy atom. The van der Waals surface area contributed by atoms with Gasteiger partial charge in [-0.15, -0.1) is 0 Å². The highest BCUT2D eigenvalue weighted by molar-refractivity contribution is 6.08. The van der Waals surface area contributed by atoms with Crippen LogP contribution in [0.2, 0.25) is 0 Å². The Bertz CT molecular complexity index is 857. The summed E-state index contributed by atoms with van der Waals surface area (Å²) in [6, 6.07) is 7.35. The second-order valence-electron chi connectivity index (χ2n) is 4.74. The third kappa shape index (κ3) is 2.15. The zero-order valence-electron chi connectivity index (χ0n) is 12.1. The van der Waals surface area contributed by atoms with E-state index in [9.17, 15) is 9.90 Å². The molecule has 0 aliphatic heterocycles. The van der Waals surface area contributed by atoms with Crippen molar-refractivity contribution >= 4 is 34.0 Å². The number of aromatic nitrogens is 3. The van der Waals surface area contributed by atoms with Gasteiger partial charge in [0.05, 0.1) is 24.2 Å². The van der Waals surface area contributed by atoms with Crippen molar-refractivity contribution < 1.29 is 14.6 Å². The highest BCUT2D eigenvalue weighted by Crippen LogP contribution is 2.28. The van der Waals surface area contributed by atoms with Crippen LogP contribution in [-0.4, -0.2) is 38.8 Å². The Balaban J connectivity index is 2.35. The third-order valence-electron chi connectivity index (χ3n) is 3.39. The maximum absolute atomic E-state index is 12.2. The molecule has 114 valence electrons. The average Bonchev–Trinajstić information content (AvgIpc) is 2.78. The topological polar surface area (TPSA) is 103 Å². The monoisotopic (exact) mass is 300 g/mol. The number of rotatable bonds is 4. The molecule has 22 heavy (non-hydrogen) atoms. The molecule has 2 aromatic heterocycles. The van der Waals surface area contributed by atoms with Gasteiger partial charge in [-0.2, -0.15) is 0 Å². The summed E-state index contributed by atoms with van der Waals surface area (Å²) in [5.41, 5.74) is 8.49. The largest absolute Gasteiger partial charge is 0.462 e. The number of anilines is 1. The van der Waals surface area contributed by atoms with Crippen LogP contribution in [0.4, 0.5) is 5.82 Å². The quantitative estimate of drug-likeness (QED) is 0.705. The maximum atomic E-state index is 12.2. The first-order valence-electron chi connectivity index (χ1n) is 6.99. The molecule has 0 bridgehead atoms. The van der Waals surface area contributed by atoms with Crippen molar-refractivity contribution in [3.8, 4) is 0 Å². The molecule has 0 spiro atoms. The fourth-order valence-corrected chi connectivity index (χ4v) is 2.45. The van der Waals surface area contributed by atoms with Crippen molar-refractivity contribution in [3.05, 3.63) is 29.8 Å². The number of para-hydroxylation sites is 2. The predicted molar refractivity (Wildman–Crippen MR) is 82.5 cm³/mol. The van der Waals surface area contributed by atoms with E-state index in [1.54, 1.807) is 11.5 Å². The van der Waals surface area contributed by atoms with Crippen LogP contribution in [0.25, 0.3) is 22.2 Å². The van der Waals surface area contributed by atoms with Crippen molar-refractivity contribution in [2.24, 2.45) is 0 Å². The highest BCUT2D eigenvalue weighted by Gasteiger charge is 2.24. The van der Waals surface area contributed by atoms with Gasteiger partial charge in [-0.05, 0) is 19.1 Å². The van der Waals surface area contributed by atoms with Gasteiger partial charge in [-0.25, -0.2) is 14.8 Å². The van der Waals surface area contributed by atoms with E-state index in [2.05, 4.69) is 9.97 Å². The Morgan fingerprint density at radius 2 is 2.00 bits per heavy atom. The van der Waals surface area contributed by atoms with E-state index in [4.69, 9.17) is 10.5 Å². The van der Waals surface area contributed by atoms with E-state index in [0.717, 1.165) is 0 Å². The number of carbonyl (C=O) groups excluding carboxylic acids is 1. The number of hydrogen-bond acceptors (Lipinski definition) is 6. The Labute approximate surface area is 126 Å². The highest BCUT2D eigenvalue weighted by atomic mass is 16.5. The lowest BCUT2D eigenvalue weighted by molar-refractivity contribution is 0.0529. The SMILES string of the molecule is CCOC(=O)c1c(N)n(CCO)c2nc3ccccc3nc12. The molecule has 2 heterocycles. The molecular weight excluding hydrogens is 284 g/mol. The summed E-state index contributed by atoms with van der Waals surface area (Å²) < 4.78 is 6.64. The summed E-state index contributed by atoms with van der Waals surface area (Å²) in [5, 5.41) is 9.23. The van der Waals surface area contributed by atoms with E-state index in [1.807, 2.05) is 24.3 Å². The van der Waals surface area contributed by atoms with E-state index in [-0.39, 0.29) is 31.1 Å². The molecule has 0 atom stereocenters. The van der Waals surface area contributed by atoms with Gasteiger partial charge >= 0.3 is 5.97 Å². The molecule has 0 fully saturated rings. The Kier molecular flexibility index (Phi) is 3.64. The summed E-state index contributed by atoms with van der Waals surface area (Å²) in [7, 11) is 0. The van der Waals surface area contributed by atoms with Gasteiger partial charge in [-0.3, -0.25) is 0 Å². The number of benzene rings is 1. The first kappa shape index (κ1) is 14.3. The van der Waals surface area contributed by atoms with Gasteiger partial charge in [0, 0.05) is 6.54 Å². The molecule has 0 saturated carbocycles. The average molecular weight is 300 g/mol. The van der Waals surface area contributed by atoms with Crippen LogP contribution < -0.4 is 5.73 Å². The smallest absolute Gasteiger partial charge is 0.344 e. The second kappa shape index (κ2) is 5.61. The lowest BCUT2D eigenvalue weighted by Gasteiger charge is -2.05. The molecule has 0 aliphatic rings. The number of nitrogens with zero attached hydrogens (tertiary/aromatic N) is 3. The molecular formula is C15H16N4O3. The molecule has 3 aromatic rings. The summed E-state index contributed by atoms with van der Waals surface area (Å²) in [5.74, 6) is -0.330. The second-order valence-corrected chi connectivity index (χ2v) is 4.74. The first-order valence-corrected chi connectivity index (χ1v) is 6.99. The van der Waals surface area contributed by atoms with Crippen molar-refractivity contribution in [2.75, 3.05) is 18.9 Å². The van der Waals surface area contributed by atoms with Crippen LogP contribution in [-0.2, 0) is 11.3 Å². The number of fused-ring (bicyclic) bond motifs is 2. The minimum atomic E-state index is -0.536. The normalized spacial score (nSPS) is 11.2. The molecule has 0 radical (unpaired) electrons. The number of nitrogens with two attached hydrogens (primary N) is 1. The van der Waals surface area contributed by atoms with Crippen LogP contribution in [0.1, 0.15) is 17.3 Å². The van der Waals surface area contributed by atoms with Gasteiger partial charge in [0.2, 0.25) is 0 Å². The summed E-state index contributed by atoms with van der Waals surface area (Å²) in [4.78, 5) is 21.2. The van der Waals surface area contributed by atoms with Crippen LogP contribution in [0.15, 0.2) is 24.3 Å². The third-order valence-corrected chi connectivity index (χ3v) is 3.39. The van der Waals surface area contributed by atoms with Crippen LogP contribution in [0.3, 0.4) is 0 Å². The standard InChI is InChI=1S/C15H16N4O3/c1-2-22-15(21)11-12-14(19(7-8-20)13(11)16)18-10-6-4-3-5-9(10)17-12/h3-6,20H,2,7-8,16H2,1H3. The molecule has 3 N–H and O–H groups in total. The molecule has 3 rings (SSSR count). The number of aliphatic hydroxyl groups excluding tert-OH is 1. The summed E-state index contributed by atoms with van der Waals surface area (Å²) in [6.07, 6.45) is 0. The van der Waals surface area contributed by atoms with E-state index in [1.165, 1.54) is 0 Å². The molecule has 0 saturated heterocycles. The fourth-order valence-electron chi connectivity index (χ4n) is 2.45. The van der Waals surface area contributed by atoms with Gasteiger partial charge in [0.1, 0.15) is 16.9 Å². The first-order chi connectivity index (χ1) is 10.7. The molecule has 0 unspecified atom stereocenters. The Hall–Kier alpha value is -2.67. The number of aliphatic hydroxyl groups is 1. The predicted octanol–water partition coefficient (Wildman–Crippen LogP) is 1.34. The van der Waals surface area contributed by atoms with Crippen molar-refractivity contribution in [2.45, 2.75) is 13.5 Å². The number of nitrogen functional groups attached to an aromatic ring is 1.